The Bertz CT molecular complexity index is 898. The molecule has 0 aliphatic carbocycles. The number of alkyl halides is 3. The molecule has 0 amide bonds. The zero-order valence-corrected chi connectivity index (χ0v) is 12.7. The zero-order valence-electron chi connectivity index (χ0n) is 12.7. The molecule has 2 aromatic carbocycles. The molecule has 0 atom stereocenters. The van der Waals surface area contributed by atoms with Gasteiger partial charge in [-0.2, -0.15) is 13.2 Å². The zero-order chi connectivity index (χ0) is 18.0. The van der Waals surface area contributed by atoms with Crippen molar-refractivity contribution in [1.29, 1.82) is 0 Å². The maximum Gasteiger partial charge on any atom is 0.393 e. The number of aromatic carboxylic acids is 1. The molecular formula is C18H12F3NO3. The standard InChI is InChI=1S/C18H12F3NO3/c19-18(20,21)9-11-2-1-3-14(8-11)15-10-22-16(25-15)12-4-6-13(7-5-12)17(23)24/h1-8,10H,9H2,(H,23,24). The van der Waals surface area contributed by atoms with Crippen molar-refractivity contribution in [2.75, 3.05) is 0 Å². The Balaban J connectivity index is 1.86. The first kappa shape index (κ1) is 16.8. The second-order valence-corrected chi connectivity index (χ2v) is 5.40. The van der Waals surface area contributed by atoms with E-state index in [2.05, 4.69) is 4.98 Å². The maximum absolute atomic E-state index is 12.5. The number of rotatable bonds is 4. The summed E-state index contributed by atoms with van der Waals surface area (Å²) in [5.41, 5.74) is 1.33. The van der Waals surface area contributed by atoms with Crippen LogP contribution in [0, 0.1) is 0 Å². The van der Waals surface area contributed by atoms with Gasteiger partial charge in [0, 0.05) is 11.1 Å². The van der Waals surface area contributed by atoms with Crippen LogP contribution in [0.3, 0.4) is 0 Å². The third kappa shape index (κ3) is 4.06. The van der Waals surface area contributed by atoms with Gasteiger partial charge in [-0.05, 0) is 35.9 Å². The minimum atomic E-state index is -4.28. The normalized spacial score (nSPS) is 11.5. The van der Waals surface area contributed by atoms with E-state index in [1.54, 1.807) is 18.2 Å². The first-order chi connectivity index (χ1) is 11.8. The van der Waals surface area contributed by atoms with Crippen LogP contribution in [-0.2, 0) is 6.42 Å². The van der Waals surface area contributed by atoms with Gasteiger partial charge in [-0.1, -0.05) is 18.2 Å². The van der Waals surface area contributed by atoms with Crippen LogP contribution in [0.15, 0.2) is 59.1 Å². The van der Waals surface area contributed by atoms with Crippen molar-refractivity contribution in [2.24, 2.45) is 0 Å². The Labute approximate surface area is 140 Å². The lowest BCUT2D eigenvalue weighted by atomic mass is 10.1. The van der Waals surface area contributed by atoms with Crippen LogP contribution in [0.5, 0.6) is 0 Å². The molecule has 3 rings (SSSR count). The van der Waals surface area contributed by atoms with Crippen LogP contribution in [-0.4, -0.2) is 22.2 Å². The van der Waals surface area contributed by atoms with Gasteiger partial charge < -0.3 is 9.52 Å². The van der Waals surface area contributed by atoms with Gasteiger partial charge in [-0.15, -0.1) is 0 Å². The number of hydrogen-bond donors (Lipinski definition) is 1. The predicted molar refractivity (Wildman–Crippen MR) is 84.1 cm³/mol. The van der Waals surface area contributed by atoms with Crippen molar-refractivity contribution < 1.29 is 27.5 Å². The lowest BCUT2D eigenvalue weighted by Crippen LogP contribution is -2.11. The summed E-state index contributed by atoms with van der Waals surface area (Å²) in [4.78, 5) is 15.0. The highest BCUT2D eigenvalue weighted by atomic mass is 19.4. The maximum atomic E-state index is 12.5. The van der Waals surface area contributed by atoms with Gasteiger partial charge in [-0.25, -0.2) is 9.78 Å². The number of halogens is 3. The van der Waals surface area contributed by atoms with E-state index in [9.17, 15) is 18.0 Å². The van der Waals surface area contributed by atoms with E-state index in [0.717, 1.165) is 0 Å². The molecule has 1 heterocycles. The van der Waals surface area contributed by atoms with E-state index >= 15 is 0 Å². The summed E-state index contributed by atoms with van der Waals surface area (Å²) in [6, 6.07) is 11.9. The van der Waals surface area contributed by atoms with E-state index in [-0.39, 0.29) is 17.0 Å². The fourth-order valence-corrected chi connectivity index (χ4v) is 2.36. The molecule has 0 aliphatic heterocycles. The third-order valence-electron chi connectivity index (χ3n) is 3.50. The van der Waals surface area contributed by atoms with E-state index in [0.29, 0.717) is 16.9 Å². The van der Waals surface area contributed by atoms with Gasteiger partial charge in [0.1, 0.15) is 0 Å². The highest BCUT2D eigenvalue weighted by Gasteiger charge is 2.27. The van der Waals surface area contributed by atoms with Gasteiger partial charge in [0.05, 0.1) is 18.2 Å². The van der Waals surface area contributed by atoms with Crippen LogP contribution in [0.25, 0.3) is 22.8 Å². The second kappa shape index (κ2) is 6.43. The van der Waals surface area contributed by atoms with E-state index in [4.69, 9.17) is 9.52 Å². The van der Waals surface area contributed by atoms with E-state index in [1.807, 2.05) is 0 Å². The Morgan fingerprint density at radius 3 is 2.44 bits per heavy atom. The lowest BCUT2D eigenvalue weighted by molar-refractivity contribution is -0.127. The SMILES string of the molecule is O=C(O)c1ccc(-c2ncc(-c3cccc(CC(F)(F)F)c3)o2)cc1. The number of carbonyl (C=O) groups is 1. The number of oxazole rings is 1. The van der Waals surface area contributed by atoms with E-state index in [1.165, 1.54) is 36.5 Å². The van der Waals surface area contributed by atoms with E-state index < -0.39 is 18.6 Å². The van der Waals surface area contributed by atoms with Crippen LogP contribution in [0.1, 0.15) is 15.9 Å². The number of nitrogens with zero attached hydrogens (tertiary/aromatic N) is 1. The van der Waals surface area contributed by atoms with Crippen molar-refractivity contribution in [2.45, 2.75) is 12.6 Å². The van der Waals surface area contributed by atoms with Gasteiger partial charge in [0.2, 0.25) is 5.89 Å². The molecule has 0 fully saturated rings. The number of benzene rings is 2. The third-order valence-corrected chi connectivity index (χ3v) is 3.50. The van der Waals surface area contributed by atoms with Gasteiger partial charge in [0.15, 0.2) is 5.76 Å². The van der Waals surface area contributed by atoms with Crippen molar-refractivity contribution in [1.82, 2.24) is 4.98 Å². The average molecular weight is 347 g/mol. The molecule has 0 radical (unpaired) electrons. The first-order valence-corrected chi connectivity index (χ1v) is 7.27. The van der Waals surface area contributed by atoms with Crippen molar-refractivity contribution in [3.8, 4) is 22.8 Å². The Morgan fingerprint density at radius 2 is 1.80 bits per heavy atom. The number of hydrogen-bond acceptors (Lipinski definition) is 3. The highest BCUT2D eigenvalue weighted by Crippen LogP contribution is 2.28. The summed E-state index contributed by atoms with van der Waals surface area (Å²) >= 11 is 0. The van der Waals surface area contributed by atoms with Crippen LogP contribution < -0.4 is 0 Å². The summed E-state index contributed by atoms with van der Waals surface area (Å²) < 4.78 is 43.1. The molecule has 0 saturated heterocycles. The molecular weight excluding hydrogens is 335 g/mol. The molecule has 128 valence electrons. The predicted octanol–water partition coefficient (Wildman–Crippen LogP) is 4.81. The van der Waals surface area contributed by atoms with Crippen molar-refractivity contribution >= 4 is 5.97 Å². The molecule has 25 heavy (non-hydrogen) atoms. The fourth-order valence-electron chi connectivity index (χ4n) is 2.36. The van der Waals surface area contributed by atoms with Crippen molar-refractivity contribution in [3.05, 3.63) is 65.9 Å². The number of carboxylic acids is 1. The molecule has 0 spiro atoms. The quantitative estimate of drug-likeness (QED) is 0.735. The molecule has 3 aromatic rings. The summed E-state index contributed by atoms with van der Waals surface area (Å²) in [6.45, 7) is 0. The second-order valence-electron chi connectivity index (χ2n) is 5.40. The van der Waals surface area contributed by atoms with Crippen LogP contribution in [0.2, 0.25) is 0 Å². The first-order valence-electron chi connectivity index (χ1n) is 7.27. The molecule has 4 nitrogen and oxygen atoms in total. The van der Waals surface area contributed by atoms with Gasteiger partial charge in [-0.3, -0.25) is 0 Å². The molecule has 0 saturated carbocycles. The fraction of sp³-hybridized carbons (Fsp3) is 0.111. The minimum Gasteiger partial charge on any atom is -0.478 e. The topological polar surface area (TPSA) is 63.3 Å². The lowest BCUT2D eigenvalue weighted by Gasteiger charge is -2.07. The average Bonchev–Trinajstić information content (AvgIpc) is 3.03. The van der Waals surface area contributed by atoms with Crippen LogP contribution >= 0.6 is 0 Å². The molecule has 1 aromatic heterocycles. The van der Waals surface area contributed by atoms with Crippen LogP contribution in [0.4, 0.5) is 13.2 Å². The Morgan fingerprint density at radius 1 is 1.08 bits per heavy atom. The summed E-state index contributed by atoms with van der Waals surface area (Å²) in [7, 11) is 0. The summed E-state index contributed by atoms with van der Waals surface area (Å²) in [5.74, 6) is -0.448. The number of carboxylic acid groups (broad SMARTS) is 1. The van der Waals surface area contributed by atoms with Crippen molar-refractivity contribution in [3.63, 3.8) is 0 Å². The monoisotopic (exact) mass is 347 g/mol. The summed E-state index contributed by atoms with van der Waals surface area (Å²) in [6.07, 6.45) is -3.87. The molecule has 0 aliphatic rings. The minimum absolute atomic E-state index is 0.133. The summed E-state index contributed by atoms with van der Waals surface area (Å²) in [5, 5.41) is 8.89. The number of aromatic nitrogens is 1. The Hall–Kier alpha value is -3.09. The van der Waals surface area contributed by atoms with Gasteiger partial charge >= 0.3 is 12.1 Å². The molecule has 1 N–H and O–H groups in total. The highest BCUT2D eigenvalue weighted by molar-refractivity contribution is 5.88. The molecule has 0 bridgehead atoms. The van der Waals surface area contributed by atoms with Gasteiger partial charge in [0.25, 0.3) is 0 Å². The molecule has 7 heteroatoms. The molecule has 0 unspecified atom stereocenters. The smallest absolute Gasteiger partial charge is 0.393 e. The Kier molecular flexibility index (Phi) is 4.31. The largest absolute Gasteiger partial charge is 0.478 e.